The second-order valence-corrected chi connectivity index (χ2v) is 7.24. The standard InChI is InChI=1S/C15H20N2O2S2/c1-11(9-12-5-3-7-20-12)17-14(18)16-10-15(2,19)13-6-4-8-21-13/h3-8,11,19H,9-10H2,1-2H3,(H2,16,17,18). The van der Waals surface area contributed by atoms with Crippen molar-refractivity contribution in [3.63, 3.8) is 0 Å². The Labute approximate surface area is 132 Å². The van der Waals surface area contributed by atoms with Crippen molar-refractivity contribution >= 4 is 28.7 Å². The summed E-state index contributed by atoms with van der Waals surface area (Å²) in [4.78, 5) is 14.0. The lowest BCUT2D eigenvalue weighted by molar-refractivity contribution is 0.0630. The number of hydrogen-bond acceptors (Lipinski definition) is 4. The number of nitrogens with one attached hydrogen (secondary N) is 2. The van der Waals surface area contributed by atoms with Crippen molar-refractivity contribution in [1.82, 2.24) is 10.6 Å². The van der Waals surface area contributed by atoms with Gasteiger partial charge >= 0.3 is 6.03 Å². The van der Waals surface area contributed by atoms with Crippen molar-refractivity contribution in [3.05, 3.63) is 44.8 Å². The van der Waals surface area contributed by atoms with Gasteiger partial charge in [-0.3, -0.25) is 0 Å². The average Bonchev–Trinajstić information content (AvgIpc) is 3.09. The van der Waals surface area contributed by atoms with Crippen molar-refractivity contribution in [2.24, 2.45) is 0 Å². The van der Waals surface area contributed by atoms with Gasteiger partial charge in [0.2, 0.25) is 0 Å². The zero-order chi connectivity index (χ0) is 15.3. The van der Waals surface area contributed by atoms with Crippen molar-refractivity contribution < 1.29 is 9.90 Å². The summed E-state index contributed by atoms with van der Waals surface area (Å²) in [5.74, 6) is 0. The first-order valence-corrected chi connectivity index (χ1v) is 8.56. The fraction of sp³-hybridized carbons (Fsp3) is 0.400. The highest BCUT2D eigenvalue weighted by molar-refractivity contribution is 7.10. The van der Waals surface area contributed by atoms with Crippen LogP contribution in [0, 0.1) is 0 Å². The number of amides is 2. The predicted octanol–water partition coefficient (Wildman–Crippen LogP) is 2.95. The fourth-order valence-corrected chi connectivity index (χ4v) is 3.60. The Morgan fingerprint density at radius 2 is 2.05 bits per heavy atom. The van der Waals surface area contributed by atoms with E-state index in [1.807, 2.05) is 35.9 Å². The summed E-state index contributed by atoms with van der Waals surface area (Å²) in [6.07, 6.45) is 0.812. The lowest BCUT2D eigenvalue weighted by atomic mass is 10.1. The van der Waals surface area contributed by atoms with Crippen LogP contribution >= 0.6 is 22.7 Å². The Hall–Kier alpha value is -1.37. The predicted molar refractivity (Wildman–Crippen MR) is 87.9 cm³/mol. The summed E-state index contributed by atoms with van der Waals surface area (Å²) in [7, 11) is 0. The molecule has 0 spiro atoms. The van der Waals surface area contributed by atoms with Crippen LogP contribution in [0.1, 0.15) is 23.6 Å². The third-order valence-electron chi connectivity index (χ3n) is 3.11. The van der Waals surface area contributed by atoms with Gasteiger partial charge in [0.15, 0.2) is 0 Å². The van der Waals surface area contributed by atoms with Crippen molar-refractivity contribution in [2.75, 3.05) is 6.54 Å². The van der Waals surface area contributed by atoms with E-state index < -0.39 is 5.60 Å². The molecule has 0 aromatic carbocycles. The highest BCUT2D eigenvalue weighted by atomic mass is 32.1. The van der Waals surface area contributed by atoms with Crippen LogP contribution in [-0.2, 0) is 12.0 Å². The number of hydrogen-bond donors (Lipinski definition) is 3. The molecular weight excluding hydrogens is 304 g/mol. The molecule has 0 saturated heterocycles. The summed E-state index contributed by atoms with van der Waals surface area (Å²) in [5, 5.41) is 19.9. The summed E-state index contributed by atoms with van der Waals surface area (Å²) in [6.45, 7) is 3.86. The molecule has 2 amide bonds. The van der Waals surface area contributed by atoms with Gasteiger partial charge in [0, 0.05) is 22.2 Å². The van der Waals surface area contributed by atoms with Crippen molar-refractivity contribution in [2.45, 2.75) is 31.9 Å². The smallest absolute Gasteiger partial charge is 0.315 e. The van der Waals surface area contributed by atoms with Gasteiger partial charge in [-0.2, -0.15) is 0 Å². The van der Waals surface area contributed by atoms with E-state index in [0.29, 0.717) is 0 Å². The Morgan fingerprint density at radius 1 is 1.33 bits per heavy atom. The average molecular weight is 324 g/mol. The quantitative estimate of drug-likeness (QED) is 0.765. The van der Waals surface area contributed by atoms with E-state index in [0.717, 1.165) is 11.3 Å². The highest BCUT2D eigenvalue weighted by Gasteiger charge is 2.25. The number of urea groups is 1. The molecule has 0 fully saturated rings. The van der Waals surface area contributed by atoms with Crippen molar-refractivity contribution in [1.29, 1.82) is 0 Å². The Morgan fingerprint density at radius 3 is 2.67 bits per heavy atom. The molecule has 2 rings (SSSR count). The molecule has 2 heterocycles. The first kappa shape index (κ1) is 16.0. The summed E-state index contributed by atoms with van der Waals surface area (Å²) >= 11 is 3.16. The van der Waals surface area contributed by atoms with Gasteiger partial charge in [0.05, 0.1) is 6.54 Å². The molecule has 0 aliphatic heterocycles. The molecule has 0 bridgehead atoms. The van der Waals surface area contributed by atoms with E-state index in [1.165, 1.54) is 16.2 Å². The minimum absolute atomic E-state index is 0.0512. The fourth-order valence-electron chi connectivity index (χ4n) is 1.98. The van der Waals surface area contributed by atoms with E-state index >= 15 is 0 Å². The number of rotatable bonds is 6. The summed E-state index contributed by atoms with van der Waals surface area (Å²) < 4.78 is 0. The van der Waals surface area contributed by atoms with E-state index in [9.17, 15) is 9.90 Å². The Balaban J connectivity index is 1.77. The number of thiophene rings is 2. The van der Waals surface area contributed by atoms with Crippen LogP contribution in [0.5, 0.6) is 0 Å². The molecule has 2 atom stereocenters. The first-order valence-electron chi connectivity index (χ1n) is 6.80. The van der Waals surface area contributed by atoms with Crippen LogP contribution in [0.4, 0.5) is 4.79 Å². The maximum Gasteiger partial charge on any atom is 0.315 e. The molecule has 3 N–H and O–H groups in total. The SMILES string of the molecule is CC(Cc1cccs1)NC(=O)NCC(C)(O)c1cccs1. The molecule has 0 saturated carbocycles. The van der Waals surface area contributed by atoms with Crippen LogP contribution in [0.25, 0.3) is 0 Å². The molecule has 0 aliphatic rings. The molecule has 0 aliphatic carbocycles. The van der Waals surface area contributed by atoms with Crippen LogP contribution in [0.15, 0.2) is 35.0 Å². The van der Waals surface area contributed by atoms with Gasteiger partial charge in [0.25, 0.3) is 0 Å². The van der Waals surface area contributed by atoms with E-state index in [4.69, 9.17) is 0 Å². The zero-order valence-corrected chi connectivity index (χ0v) is 13.8. The van der Waals surface area contributed by atoms with Crippen molar-refractivity contribution in [3.8, 4) is 0 Å². The summed E-state index contributed by atoms with van der Waals surface area (Å²) in [6, 6.07) is 7.61. The molecule has 4 nitrogen and oxygen atoms in total. The number of carbonyl (C=O) groups is 1. The lowest BCUT2D eigenvalue weighted by Crippen LogP contribution is -2.46. The molecule has 0 radical (unpaired) electrons. The number of aliphatic hydroxyl groups is 1. The monoisotopic (exact) mass is 324 g/mol. The molecule has 21 heavy (non-hydrogen) atoms. The topological polar surface area (TPSA) is 61.4 Å². The third kappa shape index (κ3) is 4.84. The minimum atomic E-state index is -1.04. The van der Waals surface area contributed by atoms with Crippen LogP contribution in [0.3, 0.4) is 0 Å². The molecular formula is C15H20N2O2S2. The molecule has 2 aromatic heterocycles. The molecule has 6 heteroatoms. The maximum absolute atomic E-state index is 11.9. The van der Waals surface area contributed by atoms with Crippen LogP contribution < -0.4 is 10.6 Å². The van der Waals surface area contributed by atoms with E-state index in [1.54, 1.807) is 18.3 Å². The largest absolute Gasteiger partial charge is 0.383 e. The second-order valence-electron chi connectivity index (χ2n) is 5.26. The van der Waals surface area contributed by atoms with Crippen LogP contribution in [-0.4, -0.2) is 23.7 Å². The van der Waals surface area contributed by atoms with E-state index in [-0.39, 0.29) is 18.6 Å². The minimum Gasteiger partial charge on any atom is -0.383 e. The highest BCUT2D eigenvalue weighted by Crippen LogP contribution is 2.24. The molecule has 2 aromatic rings. The van der Waals surface area contributed by atoms with Gasteiger partial charge in [-0.25, -0.2) is 4.79 Å². The normalized spacial score (nSPS) is 15.2. The third-order valence-corrected chi connectivity index (χ3v) is 5.13. The van der Waals surface area contributed by atoms with Gasteiger partial charge in [-0.15, -0.1) is 22.7 Å². The zero-order valence-electron chi connectivity index (χ0n) is 12.1. The first-order chi connectivity index (χ1) is 9.97. The lowest BCUT2D eigenvalue weighted by Gasteiger charge is -2.23. The molecule has 2 unspecified atom stereocenters. The van der Waals surface area contributed by atoms with Crippen LogP contribution in [0.2, 0.25) is 0 Å². The van der Waals surface area contributed by atoms with Gasteiger partial charge in [-0.05, 0) is 36.7 Å². The number of carbonyl (C=O) groups excluding carboxylic acids is 1. The Bertz CT molecular complexity index is 550. The molecule has 114 valence electrons. The van der Waals surface area contributed by atoms with Gasteiger partial charge in [0.1, 0.15) is 5.60 Å². The van der Waals surface area contributed by atoms with E-state index in [2.05, 4.69) is 16.7 Å². The Kier molecular flexibility index (Phi) is 5.39. The van der Waals surface area contributed by atoms with Gasteiger partial charge < -0.3 is 15.7 Å². The van der Waals surface area contributed by atoms with Gasteiger partial charge in [-0.1, -0.05) is 12.1 Å². The summed E-state index contributed by atoms with van der Waals surface area (Å²) in [5.41, 5.74) is -1.04. The second kappa shape index (κ2) is 7.06. The maximum atomic E-state index is 11.9.